The summed E-state index contributed by atoms with van der Waals surface area (Å²) >= 11 is 0. The highest BCUT2D eigenvalue weighted by molar-refractivity contribution is 5.94. The molecule has 4 fully saturated rings. The van der Waals surface area contributed by atoms with Gasteiger partial charge in [-0.3, -0.25) is 0 Å². The van der Waals surface area contributed by atoms with Crippen molar-refractivity contribution in [3.05, 3.63) is 11.6 Å². The Kier molecular flexibility index (Phi) is 3.74. The first-order chi connectivity index (χ1) is 12.1. The fourth-order valence-electron chi connectivity index (χ4n) is 8.17. The molecule has 0 radical (unpaired) electrons. The third kappa shape index (κ3) is 2.09. The molecule has 1 heterocycles. The second kappa shape index (κ2) is 5.66. The van der Waals surface area contributed by atoms with Gasteiger partial charge in [0.05, 0.1) is 11.7 Å². The smallest absolute Gasteiger partial charge is 0.0759 e. The van der Waals surface area contributed by atoms with Gasteiger partial charge in [0.15, 0.2) is 0 Å². The second-order valence-electron chi connectivity index (χ2n) is 9.53. The molecule has 25 heavy (non-hydrogen) atoms. The highest BCUT2D eigenvalue weighted by Crippen LogP contribution is 2.68. The Morgan fingerprint density at radius 2 is 2.08 bits per heavy atom. The molecule has 1 spiro atoms. The lowest BCUT2D eigenvalue weighted by Gasteiger charge is -2.58. The molecule has 4 aliphatic carbocycles. The van der Waals surface area contributed by atoms with E-state index < -0.39 is 0 Å². The molecular formula is C22H33NO2. The van der Waals surface area contributed by atoms with Gasteiger partial charge in [0, 0.05) is 17.7 Å². The third-order valence-electron chi connectivity index (χ3n) is 9.09. The quantitative estimate of drug-likeness (QED) is 0.737. The van der Waals surface area contributed by atoms with Crippen LogP contribution < -0.4 is 0 Å². The minimum absolute atomic E-state index is 0.160. The van der Waals surface area contributed by atoms with Crippen LogP contribution in [0.2, 0.25) is 0 Å². The molecule has 0 aromatic heterocycles. The monoisotopic (exact) mass is 343 g/mol. The van der Waals surface area contributed by atoms with Crippen molar-refractivity contribution in [3.8, 4) is 0 Å². The zero-order valence-electron chi connectivity index (χ0n) is 15.6. The van der Waals surface area contributed by atoms with Crippen molar-refractivity contribution in [2.45, 2.75) is 82.8 Å². The normalized spacial score (nSPS) is 51.8. The fourth-order valence-corrected chi connectivity index (χ4v) is 8.17. The van der Waals surface area contributed by atoms with E-state index in [1.165, 1.54) is 50.5 Å². The highest BCUT2D eigenvalue weighted by Gasteiger charge is 2.65. The Bertz CT molecular complexity index is 605. The zero-order chi connectivity index (χ0) is 17.2. The zero-order valence-corrected chi connectivity index (χ0v) is 15.6. The lowest BCUT2D eigenvalue weighted by atomic mass is 9.49. The predicted octanol–water partition coefficient (Wildman–Crippen LogP) is 4.49. The molecule has 0 amide bonds. The van der Waals surface area contributed by atoms with Crippen molar-refractivity contribution in [1.82, 2.24) is 0 Å². The number of nitrogens with one attached hydrogen (secondary N) is 1. The van der Waals surface area contributed by atoms with E-state index in [0.717, 1.165) is 43.4 Å². The van der Waals surface area contributed by atoms with Gasteiger partial charge in [-0.05, 0) is 99.5 Å². The topological polar surface area (TPSA) is 53.3 Å². The predicted molar refractivity (Wildman–Crippen MR) is 98.7 cm³/mol. The van der Waals surface area contributed by atoms with Crippen molar-refractivity contribution < 1.29 is 9.84 Å². The van der Waals surface area contributed by atoms with Crippen LogP contribution in [-0.4, -0.2) is 29.1 Å². The van der Waals surface area contributed by atoms with Gasteiger partial charge in [-0.1, -0.05) is 6.92 Å². The first-order valence-corrected chi connectivity index (χ1v) is 10.7. The van der Waals surface area contributed by atoms with E-state index in [1.54, 1.807) is 0 Å². The van der Waals surface area contributed by atoms with Crippen LogP contribution >= 0.6 is 0 Å². The molecule has 0 aromatic carbocycles. The van der Waals surface area contributed by atoms with Gasteiger partial charge in [0.25, 0.3) is 0 Å². The summed E-state index contributed by atoms with van der Waals surface area (Å²) in [6.45, 7) is 3.36. The van der Waals surface area contributed by atoms with Crippen molar-refractivity contribution in [1.29, 1.82) is 5.41 Å². The number of aliphatic hydroxyl groups is 1. The number of ether oxygens (including phenoxy) is 1. The van der Waals surface area contributed by atoms with E-state index in [1.807, 2.05) is 6.08 Å². The summed E-state index contributed by atoms with van der Waals surface area (Å²) in [5.74, 6) is 2.69. The maximum Gasteiger partial charge on any atom is 0.0759 e. The van der Waals surface area contributed by atoms with Gasteiger partial charge in [-0.15, -0.1) is 0 Å². The third-order valence-corrected chi connectivity index (χ3v) is 9.09. The van der Waals surface area contributed by atoms with Crippen LogP contribution in [0.25, 0.3) is 0 Å². The first-order valence-electron chi connectivity index (χ1n) is 10.7. The lowest BCUT2D eigenvalue weighted by Crippen LogP contribution is -2.55. The summed E-state index contributed by atoms with van der Waals surface area (Å²) in [7, 11) is 0. The number of hydrogen-bond acceptors (Lipinski definition) is 3. The maximum atomic E-state index is 10.9. The molecule has 1 aliphatic heterocycles. The van der Waals surface area contributed by atoms with Crippen LogP contribution in [0, 0.1) is 34.5 Å². The molecular weight excluding hydrogens is 310 g/mol. The van der Waals surface area contributed by atoms with Crippen LogP contribution in [-0.2, 0) is 4.74 Å². The van der Waals surface area contributed by atoms with Gasteiger partial charge in [0.1, 0.15) is 0 Å². The number of allylic oxidation sites excluding steroid dienone is 1. The van der Waals surface area contributed by atoms with Crippen LogP contribution in [0.4, 0.5) is 0 Å². The van der Waals surface area contributed by atoms with Gasteiger partial charge in [-0.25, -0.2) is 0 Å². The summed E-state index contributed by atoms with van der Waals surface area (Å²) in [6.07, 6.45) is 13.6. The van der Waals surface area contributed by atoms with E-state index in [-0.39, 0.29) is 11.7 Å². The Hall–Kier alpha value is -0.670. The summed E-state index contributed by atoms with van der Waals surface area (Å²) in [5, 5.41) is 18.9. The molecule has 3 saturated carbocycles. The van der Waals surface area contributed by atoms with Crippen LogP contribution in [0.3, 0.4) is 0 Å². The van der Waals surface area contributed by atoms with Crippen LogP contribution in [0.15, 0.2) is 11.6 Å². The van der Waals surface area contributed by atoms with Crippen molar-refractivity contribution >= 4 is 5.71 Å². The van der Waals surface area contributed by atoms with Crippen molar-refractivity contribution in [2.24, 2.45) is 29.1 Å². The summed E-state index contributed by atoms with van der Waals surface area (Å²) in [6, 6.07) is 0. The Balaban J connectivity index is 1.50. The van der Waals surface area contributed by atoms with Crippen molar-refractivity contribution in [2.75, 3.05) is 6.61 Å². The molecule has 3 heteroatoms. The molecule has 3 nitrogen and oxygen atoms in total. The second-order valence-corrected chi connectivity index (χ2v) is 9.53. The minimum Gasteiger partial charge on any atom is -0.389 e. The molecule has 0 bridgehead atoms. The Morgan fingerprint density at radius 3 is 2.84 bits per heavy atom. The maximum absolute atomic E-state index is 10.9. The molecule has 5 aliphatic rings. The van der Waals surface area contributed by atoms with E-state index in [9.17, 15) is 5.11 Å². The van der Waals surface area contributed by atoms with Gasteiger partial charge in [-0.2, -0.15) is 0 Å². The molecule has 1 saturated heterocycles. The Labute approximate surface area is 151 Å². The van der Waals surface area contributed by atoms with Crippen LogP contribution in [0.5, 0.6) is 0 Å². The molecule has 0 aromatic rings. The SMILES string of the molecule is CC[C@]12CCC3C(CC(O)C4=CC(=N)CC[C@@H]43)C1CC[C@@]21CCCO1. The van der Waals surface area contributed by atoms with Crippen LogP contribution in [0.1, 0.15) is 71.1 Å². The highest BCUT2D eigenvalue weighted by atomic mass is 16.5. The average Bonchev–Trinajstić information content (AvgIpc) is 3.22. The first kappa shape index (κ1) is 16.5. The molecule has 7 atom stereocenters. The average molecular weight is 344 g/mol. The number of rotatable bonds is 1. The molecule has 138 valence electrons. The number of aliphatic hydroxyl groups excluding tert-OH is 1. The summed E-state index contributed by atoms with van der Waals surface area (Å²) in [5.41, 5.74) is 2.45. The lowest BCUT2D eigenvalue weighted by molar-refractivity contribution is -0.143. The number of hydrogen-bond donors (Lipinski definition) is 2. The molecule has 5 rings (SSSR count). The largest absolute Gasteiger partial charge is 0.389 e. The standard InChI is InChI=1S/C22H33NO2/c1-2-21-9-6-16-15-5-4-14(23)12-18(15)20(24)13-17(16)19(21)7-10-22(21)8-3-11-25-22/h12,15-17,19-20,23-24H,2-11,13H2,1H3/t15-,16?,17?,19?,20?,21+,22+/m1/s1. The van der Waals surface area contributed by atoms with E-state index >= 15 is 0 Å². The summed E-state index contributed by atoms with van der Waals surface area (Å²) < 4.78 is 6.49. The number of fused-ring (bicyclic) bond motifs is 6. The minimum atomic E-state index is -0.305. The fraction of sp³-hybridized carbons (Fsp3) is 0.864. The molecule has 4 unspecified atom stereocenters. The van der Waals surface area contributed by atoms with E-state index in [4.69, 9.17) is 10.1 Å². The Morgan fingerprint density at radius 1 is 1.20 bits per heavy atom. The van der Waals surface area contributed by atoms with E-state index in [2.05, 4.69) is 6.92 Å². The van der Waals surface area contributed by atoms with Gasteiger partial charge < -0.3 is 15.3 Å². The summed E-state index contributed by atoms with van der Waals surface area (Å²) in [4.78, 5) is 0. The van der Waals surface area contributed by atoms with Crippen molar-refractivity contribution in [3.63, 3.8) is 0 Å². The van der Waals surface area contributed by atoms with E-state index in [0.29, 0.717) is 17.3 Å². The molecule has 2 N–H and O–H groups in total. The van der Waals surface area contributed by atoms with Gasteiger partial charge >= 0.3 is 0 Å². The van der Waals surface area contributed by atoms with Gasteiger partial charge in [0.2, 0.25) is 0 Å².